The molecule has 0 bridgehead atoms. The van der Waals surface area contributed by atoms with E-state index in [1.54, 1.807) is 12.2 Å². The molecule has 12 nitrogen and oxygen atoms in total. The summed E-state index contributed by atoms with van der Waals surface area (Å²) in [4.78, 5) is 57.9. The highest BCUT2D eigenvalue weighted by Gasteiger charge is 2.28. The molecule has 0 aliphatic heterocycles. The fraction of sp³-hybridized carbons (Fsp3) is 0.762. The average Bonchev–Trinajstić information content (AvgIpc) is 3.15. The van der Waals surface area contributed by atoms with Gasteiger partial charge in [-0.3, -0.25) is 28.2 Å². The summed E-state index contributed by atoms with van der Waals surface area (Å²) in [6.07, 6.45) is 34.6. The van der Waals surface area contributed by atoms with E-state index in [0.717, 1.165) is 64.2 Å². The van der Waals surface area contributed by atoms with Gasteiger partial charge in [0.1, 0.15) is 12.6 Å². The highest BCUT2D eigenvalue weighted by Crippen LogP contribution is 2.43. The number of carbonyl (C=O) groups is 4. The fourth-order valence-corrected chi connectivity index (χ4v) is 6.23. The fourth-order valence-electron chi connectivity index (χ4n) is 5.45. The van der Waals surface area contributed by atoms with Gasteiger partial charge in [-0.05, 0) is 63.9 Å². The number of nitrogens with two attached hydrogens (primary N) is 1. The van der Waals surface area contributed by atoms with Crippen molar-refractivity contribution in [3.8, 4) is 0 Å². The number of phosphoric acid groups is 1. The van der Waals surface area contributed by atoms with Crippen molar-refractivity contribution in [1.82, 2.24) is 0 Å². The van der Waals surface area contributed by atoms with E-state index in [1.165, 1.54) is 64.2 Å². The number of ketones is 1. The van der Waals surface area contributed by atoms with E-state index < -0.39 is 51.1 Å². The molecule has 0 aliphatic carbocycles. The van der Waals surface area contributed by atoms with E-state index in [4.69, 9.17) is 24.8 Å². The van der Waals surface area contributed by atoms with E-state index in [9.17, 15) is 28.6 Å². The highest BCUT2D eigenvalue weighted by molar-refractivity contribution is 7.47. The van der Waals surface area contributed by atoms with Crippen molar-refractivity contribution < 1.29 is 52.3 Å². The van der Waals surface area contributed by atoms with Crippen LogP contribution in [0.25, 0.3) is 0 Å². The molecule has 0 rings (SSSR count). The number of carboxylic acids is 1. The first kappa shape index (κ1) is 52.4. The summed E-state index contributed by atoms with van der Waals surface area (Å²) >= 11 is 0. The quantitative estimate of drug-likeness (QED) is 0.0133. The largest absolute Gasteiger partial charge is 0.480 e. The lowest BCUT2D eigenvalue weighted by Gasteiger charge is -2.20. The van der Waals surface area contributed by atoms with Gasteiger partial charge in [0.25, 0.3) is 0 Å². The smallest absolute Gasteiger partial charge is 0.472 e. The van der Waals surface area contributed by atoms with Gasteiger partial charge in [-0.15, -0.1) is 0 Å². The van der Waals surface area contributed by atoms with E-state index in [0.29, 0.717) is 19.3 Å². The predicted octanol–water partition coefficient (Wildman–Crippen LogP) is 10.0. The van der Waals surface area contributed by atoms with Crippen LogP contribution in [0.15, 0.2) is 36.5 Å². The SMILES string of the molecule is CCCCC/C=C\C=C\C(=O)CCCCCCCC(=O)O[C@H](COC(=O)CCCCCCCCC/C=C\CCCCCC)COP(=O)(O)OC[C@H](N)C(=O)O. The van der Waals surface area contributed by atoms with E-state index >= 15 is 0 Å². The third-order valence-electron chi connectivity index (χ3n) is 8.84. The number of carboxylic acid groups (broad SMARTS) is 1. The first-order valence-electron chi connectivity index (χ1n) is 21.0. The minimum atomic E-state index is -4.74. The molecule has 0 aromatic rings. The van der Waals surface area contributed by atoms with Gasteiger partial charge in [0.15, 0.2) is 11.9 Å². The van der Waals surface area contributed by atoms with Gasteiger partial charge in [0.05, 0.1) is 13.2 Å². The van der Waals surface area contributed by atoms with Crippen LogP contribution in [0.2, 0.25) is 0 Å². The number of ether oxygens (including phenoxy) is 2. The standard InChI is InChI=1S/C42H74NO11P/c1-3-5-7-9-11-12-13-14-15-16-17-18-20-24-28-32-40(45)51-34-38(35-52-55(49,50)53-36-39(43)42(47)48)54-41(46)33-29-25-21-23-27-31-37(44)30-26-22-19-10-8-6-4-2/h12-13,19,22,26,30,38-39H,3-11,14-18,20-21,23-25,27-29,31-36,43H2,1-2H3,(H,47,48)(H,49,50)/b13-12-,22-19-,30-26+/t38-,39+/m1/s1. The van der Waals surface area contributed by atoms with Gasteiger partial charge in [-0.2, -0.15) is 0 Å². The maximum absolute atomic E-state index is 12.6. The van der Waals surface area contributed by atoms with E-state index in [-0.39, 0.29) is 25.2 Å². The molecular weight excluding hydrogens is 725 g/mol. The summed E-state index contributed by atoms with van der Waals surface area (Å²) in [5, 5.41) is 8.87. The Balaban J connectivity index is 4.48. The molecule has 0 heterocycles. The van der Waals surface area contributed by atoms with Crippen LogP contribution in [-0.2, 0) is 42.3 Å². The second kappa shape index (κ2) is 37.0. The van der Waals surface area contributed by atoms with Gasteiger partial charge < -0.3 is 25.2 Å². The lowest BCUT2D eigenvalue weighted by atomic mass is 10.1. The van der Waals surface area contributed by atoms with Crippen LogP contribution >= 0.6 is 7.82 Å². The Morgan fingerprint density at radius 1 is 0.600 bits per heavy atom. The average molecular weight is 800 g/mol. The van der Waals surface area contributed by atoms with Crippen LogP contribution in [0.4, 0.5) is 0 Å². The Hall–Kier alpha value is -2.63. The molecule has 3 atom stereocenters. The number of phosphoric ester groups is 1. The monoisotopic (exact) mass is 799 g/mol. The van der Waals surface area contributed by atoms with Crippen LogP contribution in [0.3, 0.4) is 0 Å². The minimum absolute atomic E-state index is 0.0767. The molecule has 0 amide bonds. The maximum Gasteiger partial charge on any atom is 0.472 e. The summed E-state index contributed by atoms with van der Waals surface area (Å²) in [6, 6.07) is -1.54. The first-order chi connectivity index (χ1) is 26.5. The number of hydrogen-bond acceptors (Lipinski definition) is 10. The lowest BCUT2D eigenvalue weighted by molar-refractivity contribution is -0.161. The Labute approximate surface area is 331 Å². The van der Waals surface area contributed by atoms with Crippen molar-refractivity contribution in [2.45, 2.75) is 187 Å². The zero-order chi connectivity index (χ0) is 40.8. The summed E-state index contributed by atoms with van der Waals surface area (Å²) < 4.78 is 32.6. The van der Waals surface area contributed by atoms with Crippen molar-refractivity contribution in [3.63, 3.8) is 0 Å². The third kappa shape index (κ3) is 36.7. The normalized spacial score (nSPS) is 14.0. The molecule has 13 heteroatoms. The molecule has 0 saturated heterocycles. The van der Waals surface area contributed by atoms with Crippen molar-refractivity contribution >= 4 is 31.5 Å². The number of aliphatic carboxylic acids is 1. The van der Waals surface area contributed by atoms with Crippen LogP contribution in [0.1, 0.15) is 174 Å². The first-order valence-corrected chi connectivity index (χ1v) is 22.5. The Kier molecular flexibility index (Phi) is 35.2. The molecule has 0 aliphatic rings. The van der Waals surface area contributed by atoms with Crippen LogP contribution < -0.4 is 5.73 Å². The van der Waals surface area contributed by atoms with Crippen LogP contribution in [-0.4, -0.2) is 65.7 Å². The second-order valence-electron chi connectivity index (χ2n) is 14.2. The molecule has 318 valence electrons. The maximum atomic E-state index is 12.6. The summed E-state index contributed by atoms with van der Waals surface area (Å²) in [7, 11) is -4.74. The van der Waals surface area contributed by atoms with Crippen LogP contribution in [0.5, 0.6) is 0 Å². The Bertz CT molecular complexity index is 1140. The molecule has 0 aromatic heterocycles. The van der Waals surface area contributed by atoms with Gasteiger partial charge >= 0.3 is 25.7 Å². The molecule has 55 heavy (non-hydrogen) atoms. The molecule has 0 saturated carbocycles. The van der Waals surface area contributed by atoms with E-state index in [1.807, 2.05) is 6.08 Å². The van der Waals surface area contributed by atoms with Crippen molar-refractivity contribution in [3.05, 3.63) is 36.5 Å². The second-order valence-corrected chi connectivity index (χ2v) is 15.6. The lowest BCUT2D eigenvalue weighted by Crippen LogP contribution is -2.34. The number of hydrogen-bond donors (Lipinski definition) is 3. The number of esters is 2. The third-order valence-corrected chi connectivity index (χ3v) is 9.79. The summed E-state index contributed by atoms with van der Waals surface area (Å²) in [5.41, 5.74) is 5.32. The number of carbonyl (C=O) groups excluding carboxylic acids is 3. The highest BCUT2D eigenvalue weighted by atomic mass is 31.2. The van der Waals surface area contributed by atoms with Gasteiger partial charge in [-0.25, -0.2) is 4.57 Å². The van der Waals surface area contributed by atoms with Gasteiger partial charge in [0, 0.05) is 19.3 Å². The molecule has 0 fully saturated rings. The molecule has 1 unspecified atom stereocenters. The molecular formula is C42H74NO11P. The topological polar surface area (TPSA) is 189 Å². The van der Waals surface area contributed by atoms with Crippen LogP contribution in [0, 0.1) is 0 Å². The summed E-state index contributed by atoms with van der Waals surface area (Å²) in [6.45, 7) is 2.60. The number of rotatable bonds is 39. The van der Waals surface area contributed by atoms with Gasteiger partial charge in [-0.1, -0.05) is 128 Å². The Morgan fingerprint density at radius 2 is 1.07 bits per heavy atom. The predicted molar refractivity (Wildman–Crippen MR) is 217 cm³/mol. The molecule has 4 N–H and O–H groups in total. The number of unbranched alkanes of at least 4 members (excludes halogenated alkanes) is 18. The van der Waals surface area contributed by atoms with E-state index in [2.05, 4.69) is 36.6 Å². The van der Waals surface area contributed by atoms with Crippen molar-refractivity contribution in [2.75, 3.05) is 19.8 Å². The van der Waals surface area contributed by atoms with Crippen molar-refractivity contribution in [2.24, 2.45) is 5.73 Å². The molecule has 0 aromatic carbocycles. The zero-order valence-electron chi connectivity index (χ0n) is 34.0. The zero-order valence-corrected chi connectivity index (χ0v) is 34.9. The minimum Gasteiger partial charge on any atom is -0.480 e. The summed E-state index contributed by atoms with van der Waals surface area (Å²) in [5.74, 6) is -2.40. The number of allylic oxidation sites excluding steroid dienone is 6. The van der Waals surface area contributed by atoms with Gasteiger partial charge in [0.2, 0.25) is 0 Å². The molecule has 0 radical (unpaired) electrons. The Morgan fingerprint density at radius 3 is 1.67 bits per heavy atom. The molecule has 0 spiro atoms. The van der Waals surface area contributed by atoms with Crippen molar-refractivity contribution in [1.29, 1.82) is 0 Å².